The largest absolute Gasteiger partial charge is 0.385 e. The number of hydrogen-bond donors (Lipinski definition) is 2. The SMILES string of the molecule is COCCCNC(=O)[C@H](CC(C)C)Nc1cc(C)nc(-c2ccncc2)n1. The number of nitrogens with one attached hydrogen (secondary N) is 2. The van der Waals surface area contributed by atoms with Crippen LogP contribution in [0.25, 0.3) is 11.4 Å². The molecule has 7 heteroatoms. The fourth-order valence-corrected chi connectivity index (χ4v) is 2.71. The lowest BCUT2D eigenvalue weighted by atomic mass is 10.0. The number of amides is 1. The molecule has 0 aliphatic rings. The molecule has 27 heavy (non-hydrogen) atoms. The lowest BCUT2D eigenvalue weighted by Crippen LogP contribution is -2.41. The molecule has 7 nitrogen and oxygen atoms in total. The summed E-state index contributed by atoms with van der Waals surface area (Å²) in [5, 5.41) is 6.26. The third-order valence-corrected chi connectivity index (χ3v) is 3.96. The van der Waals surface area contributed by atoms with E-state index < -0.39 is 0 Å². The number of pyridine rings is 1. The first-order chi connectivity index (χ1) is 13.0. The summed E-state index contributed by atoms with van der Waals surface area (Å²) in [6, 6.07) is 5.24. The molecule has 2 heterocycles. The van der Waals surface area contributed by atoms with Crippen molar-refractivity contribution in [1.29, 1.82) is 0 Å². The zero-order valence-corrected chi connectivity index (χ0v) is 16.5. The van der Waals surface area contributed by atoms with Gasteiger partial charge in [0.05, 0.1) is 0 Å². The zero-order valence-electron chi connectivity index (χ0n) is 16.5. The summed E-state index contributed by atoms with van der Waals surface area (Å²) in [4.78, 5) is 25.7. The normalized spacial score (nSPS) is 12.0. The molecule has 0 unspecified atom stereocenters. The molecule has 0 aliphatic carbocycles. The van der Waals surface area contributed by atoms with Gasteiger partial charge in [-0.2, -0.15) is 0 Å². The maximum absolute atomic E-state index is 12.6. The fraction of sp³-hybridized carbons (Fsp3) is 0.500. The summed E-state index contributed by atoms with van der Waals surface area (Å²) in [5.41, 5.74) is 1.73. The molecule has 0 fully saturated rings. The van der Waals surface area contributed by atoms with E-state index in [0.717, 1.165) is 17.7 Å². The smallest absolute Gasteiger partial charge is 0.242 e. The van der Waals surface area contributed by atoms with Gasteiger partial charge in [-0.25, -0.2) is 9.97 Å². The molecular weight excluding hydrogens is 342 g/mol. The van der Waals surface area contributed by atoms with Crippen molar-refractivity contribution in [2.75, 3.05) is 25.6 Å². The number of carbonyl (C=O) groups excluding carboxylic acids is 1. The highest BCUT2D eigenvalue weighted by Crippen LogP contribution is 2.18. The van der Waals surface area contributed by atoms with Gasteiger partial charge in [-0.15, -0.1) is 0 Å². The van der Waals surface area contributed by atoms with E-state index in [1.165, 1.54) is 0 Å². The van der Waals surface area contributed by atoms with Crippen molar-refractivity contribution in [2.45, 2.75) is 39.7 Å². The highest BCUT2D eigenvalue weighted by atomic mass is 16.5. The van der Waals surface area contributed by atoms with Crippen LogP contribution >= 0.6 is 0 Å². The molecular formula is C20H29N5O2. The fourth-order valence-electron chi connectivity index (χ4n) is 2.71. The van der Waals surface area contributed by atoms with Gasteiger partial charge in [0.15, 0.2) is 5.82 Å². The highest BCUT2D eigenvalue weighted by molar-refractivity contribution is 5.84. The van der Waals surface area contributed by atoms with E-state index >= 15 is 0 Å². The van der Waals surface area contributed by atoms with Crippen LogP contribution in [0.15, 0.2) is 30.6 Å². The summed E-state index contributed by atoms with van der Waals surface area (Å²) >= 11 is 0. The van der Waals surface area contributed by atoms with Gasteiger partial charge in [-0.1, -0.05) is 13.8 Å². The first kappa shape index (κ1) is 20.8. The molecule has 2 N–H and O–H groups in total. The number of hydrogen-bond acceptors (Lipinski definition) is 6. The van der Waals surface area contributed by atoms with Crippen molar-refractivity contribution in [2.24, 2.45) is 5.92 Å². The Labute approximate surface area is 161 Å². The minimum atomic E-state index is -0.355. The lowest BCUT2D eigenvalue weighted by Gasteiger charge is -2.21. The van der Waals surface area contributed by atoms with Gasteiger partial charge in [0.1, 0.15) is 11.9 Å². The molecule has 1 atom stereocenters. The molecule has 2 aromatic rings. The Morgan fingerprint density at radius 3 is 2.63 bits per heavy atom. The maximum Gasteiger partial charge on any atom is 0.242 e. The second-order valence-corrected chi connectivity index (χ2v) is 6.92. The van der Waals surface area contributed by atoms with Crippen LogP contribution in [0.4, 0.5) is 5.82 Å². The Hall–Kier alpha value is -2.54. The van der Waals surface area contributed by atoms with Crippen LogP contribution < -0.4 is 10.6 Å². The number of ether oxygens (including phenoxy) is 1. The van der Waals surface area contributed by atoms with Crippen molar-refractivity contribution in [1.82, 2.24) is 20.3 Å². The minimum Gasteiger partial charge on any atom is -0.385 e. The van der Waals surface area contributed by atoms with Crippen molar-refractivity contribution < 1.29 is 9.53 Å². The van der Waals surface area contributed by atoms with Crippen molar-refractivity contribution in [3.63, 3.8) is 0 Å². The number of aromatic nitrogens is 3. The predicted molar refractivity (Wildman–Crippen MR) is 106 cm³/mol. The van der Waals surface area contributed by atoms with Crippen molar-refractivity contribution in [3.8, 4) is 11.4 Å². The van der Waals surface area contributed by atoms with Crippen LogP contribution in [0.3, 0.4) is 0 Å². The molecule has 0 bridgehead atoms. The van der Waals surface area contributed by atoms with Crippen LogP contribution in [0.5, 0.6) is 0 Å². The van der Waals surface area contributed by atoms with E-state index in [2.05, 4.69) is 39.4 Å². The molecule has 0 saturated carbocycles. The Kier molecular flexibility index (Phi) is 8.13. The number of rotatable bonds is 10. The molecule has 0 aliphatic heterocycles. The third kappa shape index (κ3) is 6.94. The van der Waals surface area contributed by atoms with Gasteiger partial charge < -0.3 is 15.4 Å². The van der Waals surface area contributed by atoms with Gasteiger partial charge >= 0.3 is 0 Å². The van der Waals surface area contributed by atoms with Gasteiger partial charge in [-0.05, 0) is 37.8 Å². The number of anilines is 1. The summed E-state index contributed by atoms with van der Waals surface area (Å²) in [7, 11) is 1.66. The van der Waals surface area contributed by atoms with Crippen molar-refractivity contribution in [3.05, 3.63) is 36.3 Å². The van der Waals surface area contributed by atoms with Crippen LogP contribution in [0.2, 0.25) is 0 Å². The Morgan fingerprint density at radius 2 is 1.96 bits per heavy atom. The second-order valence-electron chi connectivity index (χ2n) is 6.92. The Balaban J connectivity index is 2.14. The van der Waals surface area contributed by atoms with Gasteiger partial charge in [0.25, 0.3) is 0 Å². The average molecular weight is 371 g/mol. The standard InChI is InChI=1S/C20H29N5O2/c1-14(2)12-17(20(26)22-8-5-11-27-4)24-18-13-15(3)23-19(25-18)16-6-9-21-10-7-16/h6-7,9-10,13-14,17H,5,8,11-12H2,1-4H3,(H,22,26)(H,23,24,25)/t17-/m0/s1. The molecule has 0 spiro atoms. The molecule has 0 radical (unpaired) electrons. The topological polar surface area (TPSA) is 89.0 Å². The molecule has 1 amide bonds. The average Bonchev–Trinajstić information content (AvgIpc) is 2.64. The van der Waals surface area contributed by atoms with E-state index in [1.54, 1.807) is 19.5 Å². The van der Waals surface area contributed by atoms with Gasteiger partial charge in [-0.3, -0.25) is 9.78 Å². The molecule has 0 saturated heterocycles. The Bertz CT molecular complexity index is 722. The zero-order chi connectivity index (χ0) is 19.6. The molecule has 2 aromatic heterocycles. The summed E-state index contributed by atoms with van der Waals surface area (Å²) in [5.74, 6) is 1.60. The van der Waals surface area contributed by atoms with Gasteiger partial charge in [0.2, 0.25) is 5.91 Å². The first-order valence-electron chi connectivity index (χ1n) is 9.29. The minimum absolute atomic E-state index is 0.0264. The summed E-state index contributed by atoms with van der Waals surface area (Å²) < 4.78 is 5.02. The van der Waals surface area contributed by atoms with Gasteiger partial charge in [0, 0.05) is 50.0 Å². The number of methoxy groups -OCH3 is 1. The Morgan fingerprint density at radius 1 is 1.22 bits per heavy atom. The second kappa shape index (κ2) is 10.6. The van der Waals surface area contributed by atoms with Crippen LogP contribution in [0, 0.1) is 12.8 Å². The predicted octanol–water partition coefficient (Wildman–Crippen LogP) is 2.83. The van der Waals surface area contributed by atoms with E-state index in [0.29, 0.717) is 37.1 Å². The third-order valence-electron chi connectivity index (χ3n) is 3.96. The summed E-state index contributed by atoms with van der Waals surface area (Å²) in [6.07, 6.45) is 4.92. The summed E-state index contributed by atoms with van der Waals surface area (Å²) in [6.45, 7) is 7.33. The van der Waals surface area contributed by atoms with E-state index in [1.807, 2.05) is 25.1 Å². The highest BCUT2D eigenvalue weighted by Gasteiger charge is 2.20. The van der Waals surface area contributed by atoms with Crippen LogP contribution in [0.1, 0.15) is 32.4 Å². The molecule has 0 aromatic carbocycles. The number of nitrogens with zero attached hydrogens (tertiary/aromatic N) is 3. The van der Waals surface area contributed by atoms with E-state index in [9.17, 15) is 4.79 Å². The number of aryl methyl sites for hydroxylation is 1. The van der Waals surface area contributed by atoms with Crippen molar-refractivity contribution >= 4 is 11.7 Å². The number of carbonyl (C=O) groups is 1. The maximum atomic E-state index is 12.6. The monoisotopic (exact) mass is 371 g/mol. The quantitative estimate of drug-likeness (QED) is 0.624. The van der Waals surface area contributed by atoms with Crippen LogP contribution in [-0.4, -0.2) is 47.2 Å². The van der Waals surface area contributed by atoms with E-state index in [-0.39, 0.29) is 11.9 Å². The van der Waals surface area contributed by atoms with Crippen LogP contribution in [-0.2, 0) is 9.53 Å². The lowest BCUT2D eigenvalue weighted by molar-refractivity contribution is -0.122. The molecule has 146 valence electrons. The van der Waals surface area contributed by atoms with E-state index in [4.69, 9.17) is 4.74 Å². The molecule has 2 rings (SSSR count). The first-order valence-corrected chi connectivity index (χ1v) is 9.29.